The van der Waals surface area contributed by atoms with Crippen molar-refractivity contribution in [2.24, 2.45) is 0 Å². The van der Waals surface area contributed by atoms with E-state index in [0.29, 0.717) is 24.5 Å². The number of carbonyl (C=O) groups excluding carboxylic acids is 1. The minimum absolute atomic E-state index is 0.163. The summed E-state index contributed by atoms with van der Waals surface area (Å²) in [6.07, 6.45) is 0.0482. The third kappa shape index (κ3) is 4.75. The fourth-order valence-electron chi connectivity index (χ4n) is 2.33. The molecule has 0 spiro atoms. The van der Waals surface area contributed by atoms with Crippen molar-refractivity contribution >= 4 is 11.6 Å². The van der Waals surface area contributed by atoms with Crippen molar-refractivity contribution < 1.29 is 14.3 Å². The van der Waals surface area contributed by atoms with Crippen LogP contribution in [0.25, 0.3) is 0 Å². The quantitative estimate of drug-likeness (QED) is 0.814. The molecule has 0 radical (unpaired) electrons. The third-order valence-corrected chi connectivity index (χ3v) is 3.83. The maximum Gasteiger partial charge on any atom is 0.265 e. The van der Waals surface area contributed by atoms with Gasteiger partial charge in [-0.25, -0.2) is 0 Å². The van der Waals surface area contributed by atoms with E-state index in [1.54, 1.807) is 0 Å². The highest BCUT2D eigenvalue weighted by Gasteiger charge is 2.19. The number of anilines is 1. The number of aryl methyl sites for hydroxylation is 2. The van der Waals surface area contributed by atoms with Crippen molar-refractivity contribution in [1.29, 1.82) is 0 Å². The molecule has 0 saturated heterocycles. The lowest BCUT2D eigenvalue weighted by molar-refractivity contribution is -0.122. The van der Waals surface area contributed by atoms with Gasteiger partial charge in [-0.15, -0.1) is 0 Å². The van der Waals surface area contributed by atoms with Crippen LogP contribution in [0.5, 0.6) is 11.5 Å². The van der Waals surface area contributed by atoms with Gasteiger partial charge in [-0.2, -0.15) is 0 Å². The zero-order valence-corrected chi connectivity index (χ0v) is 14.8. The summed E-state index contributed by atoms with van der Waals surface area (Å²) in [5.41, 5.74) is 3.05. The van der Waals surface area contributed by atoms with Crippen molar-refractivity contribution in [3.05, 3.63) is 53.6 Å². The van der Waals surface area contributed by atoms with Crippen LogP contribution in [-0.2, 0) is 4.79 Å². The lowest BCUT2D eigenvalue weighted by Gasteiger charge is -2.18. The van der Waals surface area contributed by atoms with Crippen molar-refractivity contribution in [3.8, 4) is 11.5 Å². The minimum atomic E-state index is -0.539. The largest absolute Gasteiger partial charge is 0.494 e. The van der Waals surface area contributed by atoms with E-state index >= 15 is 0 Å². The van der Waals surface area contributed by atoms with Gasteiger partial charge in [0.05, 0.1) is 6.61 Å². The Kier molecular flexibility index (Phi) is 6.24. The Morgan fingerprint density at radius 3 is 2.50 bits per heavy atom. The van der Waals surface area contributed by atoms with Crippen LogP contribution >= 0.6 is 0 Å². The molecular formula is C20H25NO3. The van der Waals surface area contributed by atoms with Gasteiger partial charge in [0.15, 0.2) is 6.10 Å². The average Bonchev–Trinajstić information content (AvgIpc) is 2.56. The summed E-state index contributed by atoms with van der Waals surface area (Å²) in [6, 6.07) is 13.2. The molecule has 2 aromatic carbocycles. The van der Waals surface area contributed by atoms with Gasteiger partial charge in [-0.1, -0.05) is 19.1 Å². The van der Waals surface area contributed by atoms with Gasteiger partial charge in [0.2, 0.25) is 0 Å². The highest BCUT2D eigenvalue weighted by molar-refractivity contribution is 5.94. The summed E-state index contributed by atoms with van der Waals surface area (Å²) < 4.78 is 11.3. The van der Waals surface area contributed by atoms with Crippen LogP contribution in [0.15, 0.2) is 42.5 Å². The number of amides is 1. The lowest BCUT2D eigenvalue weighted by Crippen LogP contribution is -2.32. The number of nitrogens with one attached hydrogen (secondary N) is 1. The lowest BCUT2D eigenvalue weighted by atomic mass is 10.1. The van der Waals surface area contributed by atoms with Gasteiger partial charge in [0.25, 0.3) is 5.91 Å². The molecule has 2 aromatic rings. The van der Waals surface area contributed by atoms with E-state index in [1.807, 2.05) is 63.2 Å². The van der Waals surface area contributed by atoms with E-state index in [9.17, 15) is 4.79 Å². The summed E-state index contributed by atoms with van der Waals surface area (Å²) in [6.45, 7) is 8.53. The molecular weight excluding hydrogens is 302 g/mol. The fraction of sp³-hybridized carbons (Fsp3) is 0.350. The van der Waals surface area contributed by atoms with E-state index in [-0.39, 0.29) is 5.91 Å². The zero-order valence-electron chi connectivity index (χ0n) is 14.8. The van der Waals surface area contributed by atoms with Crippen LogP contribution in [0.3, 0.4) is 0 Å². The van der Waals surface area contributed by atoms with Crippen molar-refractivity contribution in [2.45, 2.75) is 40.2 Å². The Labute approximate surface area is 143 Å². The summed E-state index contributed by atoms with van der Waals surface area (Å²) in [5, 5.41) is 2.89. The molecule has 4 nitrogen and oxygen atoms in total. The molecule has 1 N–H and O–H groups in total. The third-order valence-electron chi connectivity index (χ3n) is 3.83. The van der Waals surface area contributed by atoms with Gasteiger partial charge in [0.1, 0.15) is 11.5 Å². The summed E-state index contributed by atoms with van der Waals surface area (Å²) >= 11 is 0. The van der Waals surface area contributed by atoms with E-state index in [2.05, 4.69) is 12.2 Å². The first-order valence-electron chi connectivity index (χ1n) is 8.31. The maximum absolute atomic E-state index is 12.5. The van der Waals surface area contributed by atoms with Crippen LogP contribution < -0.4 is 14.8 Å². The first-order valence-corrected chi connectivity index (χ1v) is 8.31. The number of hydrogen-bond acceptors (Lipinski definition) is 3. The van der Waals surface area contributed by atoms with Gasteiger partial charge in [-0.3, -0.25) is 4.79 Å². The standard InChI is InChI=1S/C20H25NO3/c1-5-19(24-18-11-10-14(3)15(4)12-18)20(22)21-16-8-7-9-17(13-16)23-6-2/h7-13,19H,5-6H2,1-4H3,(H,21,22)/t19-/m1/s1. The SMILES string of the molecule is CCOc1cccc(NC(=O)[C@@H](CC)Oc2ccc(C)c(C)c2)c1. The molecule has 0 aromatic heterocycles. The highest BCUT2D eigenvalue weighted by atomic mass is 16.5. The number of rotatable bonds is 7. The molecule has 0 aliphatic rings. The predicted molar refractivity (Wildman–Crippen MR) is 96.9 cm³/mol. The number of benzene rings is 2. The molecule has 0 unspecified atom stereocenters. The van der Waals surface area contributed by atoms with Crippen molar-refractivity contribution in [1.82, 2.24) is 0 Å². The molecule has 24 heavy (non-hydrogen) atoms. The molecule has 4 heteroatoms. The van der Waals surface area contributed by atoms with Crippen molar-refractivity contribution in [2.75, 3.05) is 11.9 Å². The van der Waals surface area contributed by atoms with Gasteiger partial charge in [-0.05, 0) is 62.6 Å². The van der Waals surface area contributed by atoms with Crippen LogP contribution in [-0.4, -0.2) is 18.6 Å². The molecule has 2 rings (SSSR count). The second kappa shape index (κ2) is 8.39. The van der Waals surface area contributed by atoms with Gasteiger partial charge >= 0.3 is 0 Å². The summed E-state index contributed by atoms with van der Waals surface area (Å²) in [7, 11) is 0. The molecule has 1 atom stereocenters. The molecule has 0 saturated carbocycles. The highest BCUT2D eigenvalue weighted by Crippen LogP contribution is 2.21. The Hall–Kier alpha value is -2.49. The van der Waals surface area contributed by atoms with E-state index < -0.39 is 6.10 Å². The Morgan fingerprint density at radius 2 is 1.83 bits per heavy atom. The number of hydrogen-bond donors (Lipinski definition) is 1. The first kappa shape index (κ1) is 17.9. The molecule has 1 amide bonds. The van der Waals surface area contributed by atoms with E-state index in [1.165, 1.54) is 5.56 Å². The van der Waals surface area contributed by atoms with Gasteiger partial charge < -0.3 is 14.8 Å². The first-order chi connectivity index (χ1) is 11.5. The fourth-order valence-corrected chi connectivity index (χ4v) is 2.33. The van der Waals surface area contributed by atoms with Gasteiger partial charge in [0, 0.05) is 11.8 Å². The smallest absolute Gasteiger partial charge is 0.265 e. The minimum Gasteiger partial charge on any atom is -0.494 e. The summed E-state index contributed by atoms with van der Waals surface area (Å²) in [5.74, 6) is 1.28. The monoisotopic (exact) mass is 327 g/mol. The van der Waals surface area contributed by atoms with Crippen LogP contribution in [0.2, 0.25) is 0 Å². The Balaban J connectivity index is 2.05. The van der Waals surface area contributed by atoms with Crippen LogP contribution in [0.1, 0.15) is 31.4 Å². The normalized spacial score (nSPS) is 11.7. The van der Waals surface area contributed by atoms with Crippen molar-refractivity contribution in [3.63, 3.8) is 0 Å². The number of carbonyl (C=O) groups is 1. The molecule has 0 fully saturated rings. The molecule has 0 bridgehead atoms. The maximum atomic E-state index is 12.5. The van der Waals surface area contributed by atoms with E-state index in [0.717, 1.165) is 11.3 Å². The second-order valence-electron chi connectivity index (χ2n) is 5.71. The zero-order chi connectivity index (χ0) is 17.5. The predicted octanol–water partition coefficient (Wildman–Crippen LogP) is 4.50. The van der Waals surface area contributed by atoms with Crippen LogP contribution in [0, 0.1) is 13.8 Å². The summed E-state index contributed by atoms with van der Waals surface area (Å²) in [4.78, 5) is 12.5. The molecule has 128 valence electrons. The van der Waals surface area contributed by atoms with Crippen LogP contribution in [0.4, 0.5) is 5.69 Å². The number of ether oxygens (including phenoxy) is 2. The topological polar surface area (TPSA) is 47.6 Å². The average molecular weight is 327 g/mol. The molecule has 0 aliphatic carbocycles. The molecule has 0 heterocycles. The Bertz CT molecular complexity index is 697. The van der Waals surface area contributed by atoms with E-state index in [4.69, 9.17) is 9.47 Å². The Morgan fingerprint density at radius 1 is 1.04 bits per heavy atom. The second-order valence-corrected chi connectivity index (χ2v) is 5.71. The molecule has 0 aliphatic heterocycles.